The lowest BCUT2D eigenvalue weighted by molar-refractivity contribution is 0.0993. The minimum atomic E-state index is -0.349. The van der Waals surface area contributed by atoms with E-state index in [0.717, 1.165) is 55.0 Å². The summed E-state index contributed by atoms with van der Waals surface area (Å²) in [6.07, 6.45) is 9.66. The molecular weight excluding hydrogens is 466 g/mol. The average molecular weight is 498 g/mol. The Morgan fingerprint density at radius 2 is 1.84 bits per heavy atom. The fourth-order valence-electron chi connectivity index (χ4n) is 4.56. The maximum atomic E-state index is 13.0. The van der Waals surface area contributed by atoms with E-state index in [9.17, 15) is 9.59 Å². The smallest absolute Gasteiger partial charge is 0.317 e. The molecule has 4 aromatic rings. The maximum absolute atomic E-state index is 13.0. The zero-order valence-electron chi connectivity index (χ0n) is 20.9. The van der Waals surface area contributed by atoms with Crippen molar-refractivity contribution in [3.8, 4) is 5.69 Å². The Morgan fingerprint density at radius 3 is 2.68 bits per heavy atom. The van der Waals surface area contributed by atoms with Crippen LogP contribution in [0.1, 0.15) is 34.3 Å². The second-order valence-electron chi connectivity index (χ2n) is 9.48. The third-order valence-electron chi connectivity index (χ3n) is 6.62. The molecule has 9 nitrogen and oxygen atoms in total. The maximum Gasteiger partial charge on any atom is 0.323 e. The highest BCUT2D eigenvalue weighted by molar-refractivity contribution is 6.00. The van der Waals surface area contributed by atoms with Crippen LogP contribution in [0.15, 0.2) is 73.3 Å². The molecule has 0 saturated carbocycles. The number of carbonyl (C=O) groups excluding carboxylic acids is 2. The number of hydrogen-bond donors (Lipinski definition) is 3. The Balaban J connectivity index is 1.20. The van der Waals surface area contributed by atoms with E-state index in [1.807, 2.05) is 66.3 Å². The third-order valence-corrected chi connectivity index (χ3v) is 6.62. The van der Waals surface area contributed by atoms with Crippen molar-refractivity contribution in [2.24, 2.45) is 5.92 Å². The first-order chi connectivity index (χ1) is 18.0. The lowest BCUT2D eigenvalue weighted by atomic mass is 9.98. The van der Waals surface area contributed by atoms with Gasteiger partial charge in [0.05, 0.1) is 30.0 Å². The molecule has 2 amide bonds. The Bertz CT molecular complexity index is 1380. The van der Waals surface area contributed by atoms with E-state index < -0.39 is 0 Å². The summed E-state index contributed by atoms with van der Waals surface area (Å²) in [5.41, 5.74) is 4.52. The summed E-state index contributed by atoms with van der Waals surface area (Å²) >= 11 is 0. The van der Waals surface area contributed by atoms with Gasteiger partial charge in [0.25, 0.3) is 0 Å². The molecule has 2 aromatic carbocycles. The zero-order valence-corrected chi connectivity index (χ0v) is 20.9. The molecule has 37 heavy (non-hydrogen) atoms. The van der Waals surface area contributed by atoms with Crippen molar-refractivity contribution in [1.82, 2.24) is 24.9 Å². The summed E-state index contributed by atoms with van der Waals surface area (Å²) < 4.78 is 3.60. The molecule has 3 heterocycles. The largest absolute Gasteiger partial charge is 0.323 e. The quantitative estimate of drug-likeness (QED) is 0.312. The van der Waals surface area contributed by atoms with Gasteiger partial charge >= 0.3 is 6.03 Å². The number of piperidine rings is 1. The predicted octanol–water partition coefficient (Wildman–Crippen LogP) is 4.45. The van der Waals surface area contributed by atoms with E-state index in [1.54, 1.807) is 23.3 Å². The van der Waals surface area contributed by atoms with E-state index in [1.165, 1.54) is 0 Å². The summed E-state index contributed by atoms with van der Waals surface area (Å²) in [6.45, 7) is 4.94. The van der Waals surface area contributed by atoms with Gasteiger partial charge in [-0.05, 0) is 68.1 Å². The van der Waals surface area contributed by atoms with E-state index in [2.05, 4.69) is 26.1 Å². The number of para-hydroxylation sites is 1. The van der Waals surface area contributed by atoms with E-state index in [-0.39, 0.29) is 11.8 Å². The first kappa shape index (κ1) is 24.5. The van der Waals surface area contributed by atoms with E-state index in [0.29, 0.717) is 23.6 Å². The molecule has 2 aromatic heterocycles. The Labute approximate surface area is 215 Å². The molecule has 5 rings (SSSR count). The van der Waals surface area contributed by atoms with Crippen molar-refractivity contribution in [3.63, 3.8) is 0 Å². The van der Waals surface area contributed by atoms with Crippen LogP contribution >= 0.6 is 0 Å². The van der Waals surface area contributed by atoms with Gasteiger partial charge in [0.15, 0.2) is 5.78 Å². The molecule has 0 radical (unpaired) electrons. The van der Waals surface area contributed by atoms with E-state index >= 15 is 0 Å². The van der Waals surface area contributed by atoms with Gasteiger partial charge in [-0.3, -0.25) is 9.48 Å². The summed E-state index contributed by atoms with van der Waals surface area (Å²) in [6, 6.07) is 14.6. The topological polar surface area (TPSA) is 106 Å². The number of carbonyl (C=O) groups is 2. The van der Waals surface area contributed by atoms with Crippen molar-refractivity contribution in [2.45, 2.75) is 32.7 Å². The first-order valence-corrected chi connectivity index (χ1v) is 12.6. The van der Waals surface area contributed by atoms with Crippen molar-refractivity contribution >= 4 is 23.2 Å². The summed E-state index contributed by atoms with van der Waals surface area (Å²) in [5, 5.41) is 17.8. The number of urea groups is 1. The molecule has 0 spiro atoms. The van der Waals surface area contributed by atoms with Gasteiger partial charge in [0, 0.05) is 30.4 Å². The van der Waals surface area contributed by atoms with Crippen LogP contribution in [0, 0.1) is 12.8 Å². The van der Waals surface area contributed by atoms with Crippen LogP contribution in [-0.2, 0) is 13.0 Å². The highest BCUT2D eigenvalue weighted by Crippen LogP contribution is 2.18. The SMILES string of the molecule is Cc1ccccc1NC(=O)Nc1cnn(-c2cccc(C(=O)Cc3cnn(CC4CCNCC4)c3)c2)c1. The molecule has 9 heteroatoms. The minimum absolute atomic E-state index is 0.0198. The molecule has 0 bridgehead atoms. The van der Waals surface area contributed by atoms with Crippen LogP contribution in [0.25, 0.3) is 5.69 Å². The molecule has 1 fully saturated rings. The first-order valence-electron chi connectivity index (χ1n) is 12.6. The van der Waals surface area contributed by atoms with Crippen LogP contribution in [0.3, 0.4) is 0 Å². The number of rotatable bonds is 8. The van der Waals surface area contributed by atoms with Gasteiger partial charge in [-0.15, -0.1) is 0 Å². The molecular formula is C28H31N7O2. The molecule has 0 aliphatic carbocycles. The molecule has 190 valence electrons. The Hall–Kier alpha value is -4.24. The lowest BCUT2D eigenvalue weighted by Gasteiger charge is -2.22. The second kappa shape index (κ2) is 11.2. The number of aromatic nitrogens is 4. The third kappa shape index (κ3) is 6.31. The monoisotopic (exact) mass is 497 g/mol. The van der Waals surface area contributed by atoms with Gasteiger partial charge in [-0.2, -0.15) is 10.2 Å². The summed E-state index contributed by atoms with van der Waals surface area (Å²) in [5.74, 6) is 0.648. The lowest BCUT2D eigenvalue weighted by Crippen LogP contribution is -2.29. The average Bonchev–Trinajstić information content (AvgIpc) is 3.55. The zero-order chi connectivity index (χ0) is 25.6. The van der Waals surface area contributed by atoms with Crippen LogP contribution in [0.5, 0.6) is 0 Å². The number of benzene rings is 2. The van der Waals surface area contributed by atoms with E-state index in [4.69, 9.17) is 0 Å². The van der Waals surface area contributed by atoms with Crippen LogP contribution < -0.4 is 16.0 Å². The summed E-state index contributed by atoms with van der Waals surface area (Å²) in [4.78, 5) is 25.4. The Morgan fingerprint density at radius 1 is 1.00 bits per heavy atom. The predicted molar refractivity (Wildman–Crippen MR) is 143 cm³/mol. The number of nitrogens with zero attached hydrogens (tertiary/aromatic N) is 4. The van der Waals surface area contributed by atoms with Gasteiger partial charge in [0.1, 0.15) is 0 Å². The van der Waals surface area contributed by atoms with Crippen LogP contribution in [0.2, 0.25) is 0 Å². The van der Waals surface area contributed by atoms with Gasteiger partial charge in [-0.1, -0.05) is 30.3 Å². The normalized spacial score (nSPS) is 13.9. The number of Topliss-reactive ketones (excluding diaryl/α,β-unsaturated/α-hetero) is 1. The van der Waals surface area contributed by atoms with Crippen molar-refractivity contribution in [3.05, 3.63) is 90.0 Å². The van der Waals surface area contributed by atoms with Crippen molar-refractivity contribution in [1.29, 1.82) is 0 Å². The number of nitrogens with one attached hydrogen (secondary N) is 3. The second-order valence-corrected chi connectivity index (χ2v) is 9.48. The van der Waals surface area contributed by atoms with Gasteiger partial charge in [-0.25, -0.2) is 9.48 Å². The minimum Gasteiger partial charge on any atom is -0.317 e. The summed E-state index contributed by atoms with van der Waals surface area (Å²) in [7, 11) is 0. The molecule has 1 aliphatic rings. The molecule has 1 saturated heterocycles. The van der Waals surface area contributed by atoms with Crippen LogP contribution in [-0.4, -0.2) is 44.5 Å². The Kier molecular flexibility index (Phi) is 7.41. The highest BCUT2D eigenvalue weighted by Gasteiger charge is 2.15. The fourth-order valence-corrected chi connectivity index (χ4v) is 4.56. The molecule has 3 N–H and O–H groups in total. The molecule has 0 atom stereocenters. The van der Waals surface area contributed by atoms with Crippen LogP contribution in [0.4, 0.5) is 16.2 Å². The number of amides is 2. The molecule has 0 unspecified atom stereocenters. The fraction of sp³-hybridized carbons (Fsp3) is 0.286. The number of anilines is 2. The van der Waals surface area contributed by atoms with Gasteiger partial charge in [0.2, 0.25) is 0 Å². The number of ketones is 1. The number of aryl methyl sites for hydroxylation is 1. The van der Waals surface area contributed by atoms with Gasteiger partial charge < -0.3 is 16.0 Å². The number of hydrogen-bond acceptors (Lipinski definition) is 5. The highest BCUT2D eigenvalue weighted by atomic mass is 16.2. The molecule has 1 aliphatic heterocycles. The van der Waals surface area contributed by atoms with Crippen molar-refractivity contribution in [2.75, 3.05) is 23.7 Å². The van der Waals surface area contributed by atoms with Crippen molar-refractivity contribution < 1.29 is 9.59 Å². The standard InChI is InChI=1S/C28H31N7O2/c1-20-5-2-3-8-26(20)33-28(37)32-24-16-31-35(19-24)25-7-4-6-23(14-25)27(36)13-22-15-30-34(18-22)17-21-9-11-29-12-10-21/h2-8,14-16,18-19,21,29H,9-13,17H2,1H3,(H2,32,33,37).